The SMILES string of the molecule is c1ccc2c(c1)ccc1c2c2ccccc2n1-c1ccc(-c2nc(-c3ccc(-c4cccc5c4sc4ccccc45)cc3)c3ccccc3n2)cc1. The van der Waals surface area contributed by atoms with E-state index in [9.17, 15) is 0 Å². The van der Waals surface area contributed by atoms with Crippen molar-refractivity contribution >= 4 is 75.0 Å². The van der Waals surface area contributed by atoms with Gasteiger partial charge in [-0.2, -0.15) is 0 Å². The van der Waals surface area contributed by atoms with Crippen LogP contribution in [0.25, 0.3) is 103 Å². The minimum Gasteiger partial charge on any atom is -0.309 e. The Morgan fingerprint density at radius 3 is 1.96 bits per heavy atom. The topological polar surface area (TPSA) is 30.7 Å². The van der Waals surface area contributed by atoms with Crippen LogP contribution in [-0.2, 0) is 0 Å². The molecule has 0 radical (unpaired) electrons. The van der Waals surface area contributed by atoms with Crippen molar-refractivity contribution in [3.63, 3.8) is 0 Å². The van der Waals surface area contributed by atoms with Gasteiger partial charge in [-0.15, -0.1) is 11.3 Å². The van der Waals surface area contributed by atoms with E-state index in [1.807, 2.05) is 17.4 Å². The van der Waals surface area contributed by atoms with Gasteiger partial charge in [-0.1, -0.05) is 127 Å². The van der Waals surface area contributed by atoms with Crippen LogP contribution < -0.4 is 0 Å². The third-order valence-corrected chi connectivity index (χ3v) is 11.6. The van der Waals surface area contributed by atoms with Gasteiger partial charge < -0.3 is 4.57 Å². The average Bonchev–Trinajstić information content (AvgIpc) is 3.77. The van der Waals surface area contributed by atoms with E-state index < -0.39 is 0 Å². The Kier molecular flexibility index (Phi) is 6.42. The Balaban J connectivity index is 1.00. The van der Waals surface area contributed by atoms with Crippen molar-refractivity contribution in [3.05, 3.63) is 176 Å². The maximum atomic E-state index is 5.23. The van der Waals surface area contributed by atoms with Gasteiger partial charge >= 0.3 is 0 Å². The number of aromatic nitrogens is 3. The van der Waals surface area contributed by atoms with E-state index in [-0.39, 0.29) is 0 Å². The molecule has 3 aromatic heterocycles. The highest BCUT2D eigenvalue weighted by molar-refractivity contribution is 7.26. The van der Waals surface area contributed by atoms with Gasteiger partial charge in [0.15, 0.2) is 5.82 Å². The van der Waals surface area contributed by atoms with Gasteiger partial charge in [0, 0.05) is 53.1 Å². The number of fused-ring (bicyclic) bond motifs is 9. The average molecular weight is 680 g/mol. The summed E-state index contributed by atoms with van der Waals surface area (Å²) >= 11 is 1.86. The minimum atomic E-state index is 0.715. The van der Waals surface area contributed by atoms with Gasteiger partial charge in [-0.25, -0.2) is 9.97 Å². The molecule has 242 valence electrons. The summed E-state index contributed by atoms with van der Waals surface area (Å²) in [7, 11) is 0. The number of hydrogen-bond donors (Lipinski definition) is 0. The first kappa shape index (κ1) is 29.1. The zero-order valence-electron chi connectivity index (χ0n) is 28.0. The first-order chi connectivity index (χ1) is 25.8. The Bertz CT molecular complexity index is 3170. The second kappa shape index (κ2) is 11.5. The zero-order chi connectivity index (χ0) is 34.2. The monoisotopic (exact) mass is 679 g/mol. The van der Waals surface area contributed by atoms with Crippen molar-refractivity contribution in [3.8, 4) is 39.5 Å². The predicted molar refractivity (Wildman–Crippen MR) is 221 cm³/mol. The number of rotatable bonds is 4. The summed E-state index contributed by atoms with van der Waals surface area (Å²) in [4.78, 5) is 10.3. The fourth-order valence-electron chi connectivity index (χ4n) is 7.98. The molecule has 8 aromatic carbocycles. The van der Waals surface area contributed by atoms with Crippen LogP contribution >= 0.6 is 11.3 Å². The first-order valence-electron chi connectivity index (χ1n) is 17.6. The molecule has 0 aliphatic rings. The molecule has 0 aliphatic heterocycles. The maximum Gasteiger partial charge on any atom is 0.160 e. The quantitative estimate of drug-likeness (QED) is 0.185. The smallest absolute Gasteiger partial charge is 0.160 e. The summed E-state index contributed by atoms with van der Waals surface area (Å²) in [5.74, 6) is 0.715. The highest BCUT2D eigenvalue weighted by atomic mass is 32.1. The van der Waals surface area contributed by atoms with Crippen LogP contribution in [0.1, 0.15) is 0 Å². The highest BCUT2D eigenvalue weighted by Crippen LogP contribution is 2.41. The van der Waals surface area contributed by atoms with Gasteiger partial charge in [-0.05, 0) is 70.4 Å². The zero-order valence-corrected chi connectivity index (χ0v) is 28.8. The fraction of sp³-hybridized carbons (Fsp3) is 0. The molecule has 0 fully saturated rings. The van der Waals surface area contributed by atoms with E-state index in [1.54, 1.807) is 0 Å². The minimum absolute atomic E-state index is 0.715. The number of hydrogen-bond acceptors (Lipinski definition) is 3. The lowest BCUT2D eigenvalue weighted by atomic mass is 9.99. The lowest BCUT2D eigenvalue weighted by Crippen LogP contribution is -1.97. The first-order valence-corrected chi connectivity index (χ1v) is 18.4. The molecule has 11 aromatic rings. The molecule has 3 nitrogen and oxygen atoms in total. The van der Waals surface area contributed by atoms with Gasteiger partial charge in [-0.3, -0.25) is 0 Å². The maximum absolute atomic E-state index is 5.23. The van der Waals surface area contributed by atoms with Crippen LogP contribution in [0.3, 0.4) is 0 Å². The van der Waals surface area contributed by atoms with E-state index in [1.165, 1.54) is 63.9 Å². The van der Waals surface area contributed by atoms with E-state index in [0.717, 1.165) is 33.4 Å². The Morgan fingerprint density at radius 1 is 0.423 bits per heavy atom. The molecule has 0 saturated heterocycles. The molecular weight excluding hydrogens is 651 g/mol. The second-order valence-corrected chi connectivity index (χ2v) is 14.4. The molecule has 0 saturated carbocycles. The Labute approximate surface area is 303 Å². The molecule has 11 rings (SSSR count). The normalized spacial score (nSPS) is 11.8. The van der Waals surface area contributed by atoms with Crippen molar-refractivity contribution in [2.75, 3.05) is 0 Å². The summed E-state index contributed by atoms with van der Waals surface area (Å²) in [5, 5.41) is 8.73. The van der Waals surface area contributed by atoms with E-state index >= 15 is 0 Å². The number of thiophene rings is 1. The number of para-hydroxylation sites is 2. The molecule has 0 amide bonds. The van der Waals surface area contributed by atoms with Crippen molar-refractivity contribution in [1.29, 1.82) is 0 Å². The molecule has 4 heteroatoms. The van der Waals surface area contributed by atoms with Crippen LogP contribution in [0.5, 0.6) is 0 Å². The summed E-state index contributed by atoms with van der Waals surface area (Å²) in [6, 6.07) is 63.0. The fourth-order valence-corrected chi connectivity index (χ4v) is 9.22. The molecule has 0 N–H and O–H groups in total. The van der Waals surface area contributed by atoms with Crippen molar-refractivity contribution in [2.45, 2.75) is 0 Å². The highest BCUT2D eigenvalue weighted by Gasteiger charge is 2.17. The lowest BCUT2D eigenvalue weighted by Gasteiger charge is -2.12. The largest absolute Gasteiger partial charge is 0.309 e. The summed E-state index contributed by atoms with van der Waals surface area (Å²) in [6.45, 7) is 0. The molecule has 0 unspecified atom stereocenters. The summed E-state index contributed by atoms with van der Waals surface area (Å²) < 4.78 is 5.01. The standard InChI is InChI=1S/C48H29N3S/c1-2-11-35-30(10-1)26-29-43-45(35)40-14-4-7-18-42(40)51(43)34-27-24-33(25-28-34)48-49-41-17-6-3-13-39(41)46(50-48)32-22-20-31(21-23-32)36-15-9-16-38-37-12-5-8-19-44(37)52-47(36)38/h1-29H. The van der Waals surface area contributed by atoms with Crippen LogP contribution in [0.2, 0.25) is 0 Å². The van der Waals surface area contributed by atoms with Gasteiger partial charge in [0.05, 0.1) is 22.2 Å². The van der Waals surface area contributed by atoms with Crippen LogP contribution in [0.15, 0.2) is 176 Å². The van der Waals surface area contributed by atoms with Gasteiger partial charge in [0.25, 0.3) is 0 Å². The van der Waals surface area contributed by atoms with E-state index in [0.29, 0.717) is 5.82 Å². The van der Waals surface area contributed by atoms with Crippen LogP contribution in [0, 0.1) is 0 Å². The van der Waals surface area contributed by atoms with Crippen LogP contribution in [0.4, 0.5) is 0 Å². The van der Waals surface area contributed by atoms with Crippen molar-refractivity contribution < 1.29 is 0 Å². The molecule has 52 heavy (non-hydrogen) atoms. The van der Waals surface area contributed by atoms with Crippen molar-refractivity contribution in [1.82, 2.24) is 14.5 Å². The number of nitrogens with zero attached hydrogens (tertiary/aromatic N) is 3. The third kappa shape index (κ3) is 4.45. The lowest BCUT2D eigenvalue weighted by molar-refractivity contribution is 1.17. The van der Waals surface area contributed by atoms with E-state index in [2.05, 4.69) is 174 Å². The molecular formula is C48H29N3S. The van der Waals surface area contributed by atoms with Crippen LogP contribution in [-0.4, -0.2) is 14.5 Å². The summed E-state index contributed by atoms with van der Waals surface area (Å²) in [5.41, 5.74) is 9.88. The second-order valence-electron chi connectivity index (χ2n) is 13.4. The predicted octanol–water partition coefficient (Wildman–Crippen LogP) is 13.2. The Hall–Kier alpha value is -6.62. The Morgan fingerprint density at radius 2 is 1.10 bits per heavy atom. The molecule has 0 bridgehead atoms. The van der Waals surface area contributed by atoms with E-state index in [4.69, 9.17) is 9.97 Å². The van der Waals surface area contributed by atoms with Crippen molar-refractivity contribution in [2.24, 2.45) is 0 Å². The molecule has 0 spiro atoms. The summed E-state index contributed by atoms with van der Waals surface area (Å²) in [6.07, 6.45) is 0. The molecule has 0 aliphatic carbocycles. The molecule has 3 heterocycles. The molecule has 0 atom stereocenters. The van der Waals surface area contributed by atoms with Gasteiger partial charge in [0.1, 0.15) is 0 Å². The van der Waals surface area contributed by atoms with Gasteiger partial charge in [0.2, 0.25) is 0 Å². The third-order valence-electron chi connectivity index (χ3n) is 10.4. The number of benzene rings is 8.